The Balaban J connectivity index is 3.05. The van der Waals surface area contributed by atoms with Gasteiger partial charge in [-0.3, -0.25) is 4.79 Å². The van der Waals surface area contributed by atoms with Crippen LogP contribution in [0.5, 0.6) is 0 Å². The van der Waals surface area contributed by atoms with Crippen LogP contribution in [0.15, 0.2) is 12.2 Å². The number of allylic oxidation sites excluding steroid dienone is 1. The number of Topliss-reactive ketones (excluding diaryl/α,β-unsaturated/α-hetero) is 1. The molecule has 0 aliphatic heterocycles. The Labute approximate surface area is 81.2 Å². The molecule has 1 rings (SSSR count). The smallest absolute Gasteiger partial charge is 0.143 e. The summed E-state index contributed by atoms with van der Waals surface area (Å²) >= 11 is 0. The predicted molar refractivity (Wildman–Crippen MR) is 55.5 cm³/mol. The third kappa shape index (κ3) is 1.45. The summed E-state index contributed by atoms with van der Waals surface area (Å²) in [6, 6.07) is 0. The van der Waals surface area contributed by atoms with E-state index in [9.17, 15) is 4.79 Å². The maximum absolute atomic E-state index is 11.9. The van der Waals surface area contributed by atoms with Gasteiger partial charge in [-0.05, 0) is 18.3 Å². The van der Waals surface area contributed by atoms with E-state index in [1.165, 1.54) is 0 Å². The summed E-state index contributed by atoms with van der Waals surface area (Å²) in [4.78, 5) is 11.9. The van der Waals surface area contributed by atoms with E-state index in [0.29, 0.717) is 24.0 Å². The second-order valence-corrected chi connectivity index (χ2v) is 4.88. The minimum atomic E-state index is -0.114. The van der Waals surface area contributed by atoms with Crippen molar-refractivity contribution in [2.75, 3.05) is 0 Å². The minimum absolute atomic E-state index is 0.114. The third-order valence-corrected chi connectivity index (χ3v) is 3.53. The summed E-state index contributed by atoms with van der Waals surface area (Å²) < 4.78 is 0. The van der Waals surface area contributed by atoms with Gasteiger partial charge in [0.2, 0.25) is 0 Å². The lowest BCUT2D eigenvalue weighted by Gasteiger charge is -2.35. The van der Waals surface area contributed by atoms with E-state index in [4.69, 9.17) is 0 Å². The summed E-state index contributed by atoms with van der Waals surface area (Å²) in [5.41, 5.74) is 1.00. The second kappa shape index (κ2) is 3.28. The Morgan fingerprint density at radius 1 is 1.23 bits per heavy atom. The normalized spacial score (nSPS) is 22.0. The molecule has 1 fully saturated rings. The van der Waals surface area contributed by atoms with Gasteiger partial charge in [0.15, 0.2) is 0 Å². The van der Waals surface area contributed by atoms with Crippen LogP contribution in [-0.2, 0) is 4.79 Å². The highest BCUT2D eigenvalue weighted by Crippen LogP contribution is 2.48. The van der Waals surface area contributed by atoms with Gasteiger partial charge in [-0.1, -0.05) is 39.8 Å². The van der Waals surface area contributed by atoms with Gasteiger partial charge < -0.3 is 0 Å². The van der Waals surface area contributed by atoms with Crippen molar-refractivity contribution >= 4 is 5.78 Å². The zero-order valence-electron chi connectivity index (χ0n) is 9.18. The van der Waals surface area contributed by atoms with E-state index >= 15 is 0 Å². The van der Waals surface area contributed by atoms with Crippen LogP contribution < -0.4 is 0 Å². The van der Waals surface area contributed by atoms with Crippen molar-refractivity contribution in [2.24, 2.45) is 17.3 Å². The number of carbonyl (C=O) groups excluding carboxylic acids is 1. The Morgan fingerprint density at radius 2 is 1.69 bits per heavy atom. The molecule has 0 aromatic carbocycles. The molecule has 13 heavy (non-hydrogen) atoms. The van der Waals surface area contributed by atoms with Crippen molar-refractivity contribution in [1.29, 1.82) is 0 Å². The number of carbonyl (C=O) groups is 1. The summed E-state index contributed by atoms with van der Waals surface area (Å²) in [6.07, 6.45) is 1.51. The first kappa shape index (κ1) is 10.5. The van der Waals surface area contributed by atoms with Gasteiger partial charge in [-0.25, -0.2) is 0 Å². The van der Waals surface area contributed by atoms with Gasteiger partial charge in [-0.15, -0.1) is 0 Å². The largest absolute Gasteiger partial charge is 0.299 e. The highest BCUT2D eigenvalue weighted by molar-refractivity contribution is 5.90. The van der Waals surface area contributed by atoms with Crippen molar-refractivity contribution in [2.45, 2.75) is 40.5 Å². The Kier molecular flexibility index (Phi) is 2.65. The quantitative estimate of drug-likeness (QED) is 0.596. The average Bonchev–Trinajstić information content (AvgIpc) is 2.26. The van der Waals surface area contributed by atoms with Crippen LogP contribution in [0.2, 0.25) is 0 Å². The molecular weight excluding hydrogens is 160 g/mol. The molecule has 0 heterocycles. The van der Waals surface area contributed by atoms with Crippen LogP contribution in [0, 0.1) is 17.3 Å². The molecule has 1 saturated carbocycles. The molecule has 0 aromatic heterocycles. The minimum Gasteiger partial charge on any atom is -0.299 e. The molecule has 1 aliphatic rings. The van der Waals surface area contributed by atoms with E-state index < -0.39 is 0 Å². The zero-order valence-corrected chi connectivity index (χ0v) is 9.18. The van der Waals surface area contributed by atoms with Crippen molar-refractivity contribution in [3.05, 3.63) is 12.2 Å². The molecule has 0 saturated heterocycles. The van der Waals surface area contributed by atoms with E-state index in [0.717, 1.165) is 12.0 Å². The molecule has 0 spiro atoms. The van der Waals surface area contributed by atoms with Crippen molar-refractivity contribution in [1.82, 2.24) is 0 Å². The van der Waals surface area contributed by atoms with Crippen molar-refractivity contribution < 1.29 is 4.79 Å². The Morgan fingerprint density at radius 3 is 1.85 bits per heavy atom. The predicted octanol–water partition coefficient (Wildman–Crippen LogP) is 3.20. The lowest BCUT2D eigenvalue weighted by atomic mass is 9.67. The SMILES string of the molecule is C=C1CC(=O)C(C(C)C)(C(C)C)C1. The highest BCUT2D eigenvalue weighted by atomic mass is 16.1. The molecule has 0 radical (unpaired) electrons. The fraction of sp³-hybridized carbons (Fsp3) is 0.750. The highest BCUT2D eigenvalue weighted by Gasteiger charge is 2.47. The maximum Gasteiger partial charge on any atom is 0.143 e. The molecule has 1 aliphatic carbocycles. The van der Waals surface area contributed by atoms with Gasteiger partial charge in [0.05, 0.1) is 0 Å². The van der Waals surface area contributed by atoms with Gasteiger partial charge in [0.25, 0.3) is 0 Å². The average molecular weight is 180 g/mol. The Bertz CT molecular complexity index is 228. The second-order valence-electron chi connectivity index (χ2n) is 4.88. The van der Waals surface area contributed by atoms with Crippen LogP contribution in [-0.4, -0.2) is 5.78 Å². The van der Waals surface area contributed by atoms with E-state index in [1.54, 1.807) is 0 Å². The molecule has 0 amide bonds. The lowest BCUT2D eigenvalue weighted by molar-refractivity contribution is -0.130. The van der Waals surface area contributed by atoms with Gasteiger partial charge >= 0.3 is 0 Å². The molecule has 1 nitrogen and oxygen atoms in total. The van der Waals surface area contributed by atoms with Gasteiger partial charge in [0, 0.05) is 11.8 Å². The summed E-state index contributed by atoms with van der Waals surface area (Å²) in [5, 5.41) is 0. The van der Waals surface area contributed by atoms with E-state index in [-0.39, 0.29) is 5.41 Å². The Hall–Kier alpha value is -0.590. The van der Waals surface area contributed by atoms with Crippen LogP contribution in [0.1, 0.15) is 40.5 Å². The fourth-order valence-electron chi connectivity index (χ4n) is 2.69. The van der Waals surface area contributed by atoms with Crippen molar-refractivity contribution in [3.63, 3.8) is 0 Å². The molecule has 0 N–H and O–H groups in total. The van der Waals surface area contributed by atoms with Crippen LogP contribution in [0.3, 0.4) is 0 Å². The van der Waals surface area contributed by atoms with Crippen LogP contribution >= 0.6 is 0 Å². The summed E-state index contributed by atoms with van der Waals surface area (Å²) in [7, 11) is 0. The van der Waals surface area contributed by atoms with Crippen LogP contribution in [0.25, 0.3) is 0 Å². The molecule has 0 unspecified atom stereocenters. The number of ketones is 1. The molecule has 0 aromatic rings. The molecule has 1 heteroatoms. The van der Waals surface area contributed by atoms with E-state index in [1.807, 2.05) is 0 Å². The number of hydrogen-bond donors (Lipinski definition) is 0. The molecule has 74 valence electrons. The molecule has 0 atom stereocenters. The monoisotopic (exact) mass is 180 g/mol. The fourth-order valence-corrected chi connectivity index (χ4v) is 2.69. The maximum atomic E-state index is 11.9. The first-order chi connectivity index (χ1) is 5.91. The molecular formula is C12H20O. The summed E-state index contributed by atoms with van der Waals surface area (Å²) in [5.74, 6) is 1.26. The number of hydrogen-bond acceptors (Lipinski definition) is 1. The topological polar surface area (TPSA) is 17.1 Å². The zero-order chi connectivity index (χ0) is 10.2. The number of rotatable bonds is 2. The standard InChI is InChI=1S/C12H20O/c1-8(2)12(9(3)4)7-10(5)6-11(12)13/h8-9H,5-7H2,1-4H3. The molecule has 0 bridgehead atoms. The third-order valence-electron chi connectivity index (χ3n) is 3.53. The summed E-state index contributed by atoms with van der Waals surface area (Å²) in [6.45, 7) is 12.5. The lowest BCUT2D eigenvalue weighted by Crippen LogP contribution is -2.37. The van der Waals surface area contributed by atoms with E-state index in [2.05, 4.69) is 34.3 Å². The van der Waals surface area contributed by atoms with Gasteiger partial charge in [0.1, 0.15) is 5.78 Å². The van der Waals surface area contributed by atoms with Crippen molar-refractivity contribution in [3.8, 4) is 0 Å². The van der Waals surface area contributed by atoms with Gasteiger partial charge in [-0.2, -0.15) is 0 Å². The van der Waals surface area contributed by atoms with Crippen LogP contribution in [0.4, 0.5) is 0 Å². The first-order valence-corrected chi connectivity index (χ1v) is 5.11. The first-order valence-electron chi connectivity index (χ1n) is 5.11.